The van der Waals surface area contributed by atoms with Crippen LogP contribution in [-0.4, -0.2) is 61.6 Å². The first-order valence-electron chi connectivity index (χ1n) is 10.7. The van der Waals surface area contributed by atoms with Gasteiger partial charge >= 0.3 is 0 Å². The van der Waals surface area contributed by atoms with E-state index in [-0.39, 0.29) is 24.2 Å². The van der Waals surface area contributed by atoms with E-state index in [2.05, 4.69) is 61.0 Å². The average Bonchev–Trinajstić information content (AvgIpc) is 2.68. The summed E-state index contributed by atoms with van der Waals surface area (Å²) in [5.74, 6) is 0.794. The zero-order chi connectivity index (χ0) is 21.3. The first-order chi connectivity index (χ1) is 13.8. The molecule has 0 aliphatic carbocycles. The maximum absolute atomic E-state index is 12.5. The van der Waals surface area contributed by atoms with Gasteiger partial charge in [-0.1, -0.05) is 30.3 Å². The molecule has 1 atom stereocenters. The van der Waals surface area contributed by atoms with Crippen molar-refractivity contribution >= 4 is 5.96 Å². The minimum Gasteiger partial charge on any atom is -0.357 e. The summed E-state index contributed by atoms with van der Waals surface area (Å²) in [6, 6.07) is 10.9. The van der Waals surface area contributed by atoms with E-state index >= 15 is 0 Å². The number of benzene rings is 1. The summed E-state index contributed by atoms with van der Waals surface area (Å²) >= 11 is 0. The van der Waals surface area contributed by atoms with Gasteiger partial charge in [0.15, 0.2) is 5.96 Å². The Balaban J connectivity index is 1.87. The molecule has 1 aromatic rings. The van der Waals surface area contributed by atoms with Gasteiger partial charge in [0.1, 0.15) is 0 Å². The monoisotopic (exact) mass is 409 g/mol. The first-order valence-corrected chi connectivity index (χ1v) is 10.7. The van der Waals surface area contributed by atoms with E-state index in [1.165, 1.54) is 5.56 Å². The third-order valence-corrected chi connectivity index (χ3v) is 5.21. The van der Waals surface area contributed by atoms with Crippen molar-refractivity contribution in [3.8, 4) is 0 Å². The highest BCUT2D eigenvalue weighted by Gasteiger charge is 2.23. The fraction of sp³-hybridized carbons (Fsp3) is 0.682. The molecule has 1 aliphatic heterocycles. The summed E-state index contributed by atoms with van der Waals surface area (Å²) in [5, 5.41) is 10.5. The lowest BCUT2D eigenvalue weighted by Gasteiger charge is -2.33. The van der Waals surface area contributed by atoms with Crippen LogP contribution in [0, 0.1) is 0 Å². The highest BCUT2D eigenvalue weighted by atomic mass is 19.3. The Bertz CT molecular complexity index is 613. The summed E-state index contributed by atoms with van der Waals surface area (Å²) in [7, 11) is 0. The van der Waals surface area contributed by atoms with Crippen LogP contribution in [0.1, 0.15) is 52.1 Å². The standard InChI is InChI=1S/C22H37F2N5/c1-5-25-21(27-19-11-13-29(14-12-19)15-20(23)24)26-16-22(3,4)28-17(2)18-9-7-6-8-10-18/h6-10,17,19-20,28H,5,11-16H2,1-4H3,(H2,25,26,27). The number of hydrogen-bond acceptors (Lipinski definition) is 3. The molecule has 0 radical (unpaired) electrons. The Labute approximate surface area is 174 Å². The number of aliphatic imine (C=N–C) groups is 1. The van der Waals surface area contributed by atoms with E-state index < -0.39 is 6.43 Å². The van der Waals surface area contributed by atoms with Gasteiger partial charge in [-0.05, 0) is 46.1 Å². The fourth-order valence-corrected chi connectivity index (χ4v) is 3.70. The molecule has 0 spiro atoms. The molecule has 0 aromatic heterocycles. The van der Waals surface area contributed by atoms with Crippen molar-refractivity contribution in [3.63, 3.8) is 0 Å². The van der Waals surface area contributed by atoms with Crippen molar-refractivity contribution in [2.24, 2.45) is 4.99 Å². The number of hydrogen-bond donors (Lipinski definition) is 3. The Morgan fingerprint density at radius 3 is 2.45 bits per heavy atom. The third-order valence-electron chi connectivity index (χ3n) is 5.21. The molecule has 1 saturated heterocycles. The molecule has 1 aliphatic rings. The summed E-state index contributed by atoms with van der Waals surface area (Å²) in [4.78, 5) is 6.63. The zero-order valence-electron chi connectivity index (χ0n) is 18.2. The molecular weight excluding hydrogens is 372 g/mol. The number of piperidine rings is 1. The number of alkyl halides is 2. The lowest BCUT2D eigenvalue weighted by Crippen LogP contribution is -2.50. The topological polar surface area (TPSA) is 51.7 Å². The van der Waals surface area contributed by atoms with Crippen molar-refractivity contribution in [2.75, 3.05) is 32.7 Å². The van der Waals surface area contributed by atoms with Gasteiger partial charge in [-0.2, -0.15) is 0 Å². The molecule has 29 heavy (non-hydrogen) atoms. The van der Waals surface area contributed by atoms with Crippen LogP contribution in [0.5, 0.6) is 0 Å². The van der Waals surface area contributed by atoms with Gasteiger partial charge in [0.2, 0.25) is 0 Å². The van der Waals surface area contributed by atoms with Crippen LogP contribution in [0.15, 0.2) is 35.3 Å². The molecule has 5 nitrogen and oxygen atoms in total. The predicted octanol–water partition coefficient (Wildman–Crippen LogP) is 3.40. The lowest BCUT2D eigenvalue weighted by atomic mass is 10.0. The number of nitrogens with one attached hydrogen (secondary N) is 3. The van der Waals surface area contributed by atoms with Crippen LogP contribution in [0.3, 0.4) is 0 Å². The second-order valence-electron chi connectivity index (χ2n) is 8.47. The number of nitrogens with zero attached hydrogens (tertiary/aromatic N) is 2. The molecule has 1 heterocycles. The van der Waals surface area contributed by atoms with Gasteiger partial charge in [0.05, 0.1) is 13.1 Å². The highest BCUT2D eigenvalue weighted by Crippen LogP contribution is 2.16. The van der Waals surface area contributed by atoms with E-state index in [9.17, 15) is 8.78 Å². The van der Waals surface area contributed by atoms with Crippen molar-refractivity contribution in [1.82, 2.24) is 20.9 Å². The Morgan fingerprint density at radius 1 is 1.21 bits per heavy atom. The Hall–Kier alpha value is -1.73. The summed E-state index contributed by atoms with van der Waals surface area (Å²) in [6.07, 6.45) is -0.556. The third kappa shape index (κ3) is 8.66. The van der Waals surface area contributed by atoms with Crippen molar-refractivity contribution < 1.29 is 8.78 Å². The zero-order valence-corrected chi connectivity index (χ0v) is 18.2. The number of likely N-dealkylation sites (tertiary alicyclic amines) is 1. The van der Waals surface area contributed by atoms with E-state index in [4.69, 9.17) is 4.99 Å². The number of rotatable bonds is 9. The molecule has 0 bridgehead atoms. The molecule has 1 aromatic carbocycles. The highest BCUT2D eigenvalue weighted by molar-refractivity contribution is 5.80. The molecule has 1 unspecified atom stereocenters. The van der Waals surface area contributed by atoms with Crippen molar-refractivity contribution in [1.29, 1.82) is 0 Å². The van der Waals surface area contributed by atoms with E-state index in [0.29, 0.717) is 19.6 Å². The van der Waals surface area contributed by atoms with Crippen LogP contribution < -0.4 is 16.0 Å². The van der Waals surface area contributed by atoms with Gasteiger partial charge in [-0.25, -0.2) is 8.78 Å². The molecule has 7 heteroatoms. The van der Waals surface area contributed by atoms with E-state index in [1.807, 2.05) is 17.9 Å². The maximum Gasteiger partial charge on any atom is 0.251 e. The normalized spacial score (nSPS) is 18.1. The summed E-state index contributed by atoms with van der Waals surface area (Å²) < 4.78 is 25.1. The lowest BCUT2D eigenvalue weighted by molar-refractivity contribution is 0.0744. The van der Waals surface area contributed by atoms with Gasteiger partial charge in [-0.3, -0.25) is 9.89 Å². The molecule has 2 rings (SSSR count). The molecular formula is C22H37F2N5. The molecule has 3 N–H and O–H groups in total. The SMILES string of the molecule is CCNC(=NCC(C)(C)NC(C)c1ccccc1)NC1CCN(CC(F)F)CC1. The van der Waals surface area contributed by atoms with Gasteiger partial charge in [-0.15, -0.1) is 0 Å². The molecule has 0 amide bonds. The second-order valence-corrected chi connectivity index (χ2v) is 8.47. The maximum atomic E-state index is 12.5. The van der Waals surface area contributed by atoms with E-state index in [0.717, 1.165) is 25.3 Å². The summed E-state index contributed by atoms with van der Waals surface area (Å²) in [6.45, 7) is 11.2. The number of halogens is 2. The van der Waals surface area contributed by atoms with Crippen LogP contribution in [-0.2, 0) is 0 Å². The molecule has 1 fully saturated rings. The van der Waals surface area contributed by atoms with Gasteiger partial charge in [0.25, 0.3) is 6.43 Å². The molecule has 164 valence electrons. The number of guanidine groups is 1. The van der Waals surface area contributed by atoms with Crippen LogP contribution in [0.25, 0.3) is 0 Å². The fourth-order valence-electron chi connectivity index (χ4n) is 3.70. The van der Waals surface area contributed by atoms with Crippen LogP contribution in [0.2, 0.25) is 0 Å². The van der Waals surface area contributed by atoms with Gasteiger partial charge < -0.3 is 16.0 Å². The molecule has 0 saturated carbocycles. The van der Waals surface area contributed by atoms with Crippen LogP contribution >= 0.6 is 0 Å². The quantitative estimate of drug-likeness (QED) is 0.432. The first kappa shape index (κ1) is 23.5. The smallest absolute Gasteiger partial charge is 0.251 e. The second kappa shape index (κ2) is 11.5. The van der Waals surface area contributed by atoms with Crippen molar-refractivity contribution in [3.05, 3.63) is 35.9 Å². The Kier molecular flexibility index (Phi) is 9.30. The predicted molar refractivity (Wildman–Crippen MR) is 117 cm³/mol. The summed E-state index contributed by atoms with van der Waals surface area (Å²) in [5.41, 5.74) is 1.09. The minimum absolute atomic E-state index is 0.125. The van der Waals surface area contributed by atoms with Crippen molar-refractivity contribution in [2.45, 2.75) is 64.6 Å². The minimum atomic E-state index is -2.26. The van der Waals surface area contributed by atoms with E-state index in [1.54, 1.807) is 0 Å². The van der Waals surface area contributed by atoms with Gasteiger partial charge in [0, 0.05) is 37.3 Å². The average molecular weight is 410 g/mol. The Morgan fingerprint density at radius 2 is 1.86 bits per heavy atom. The largest absolute Gasteiger partial charge is 0.357 e. The van der Waals surface area contributed by atoms with Crippen LogP contribution in [0.4, 0.5) is 8.78 Å².